The summed E-state index contributed by atoms with van der Waals surface area (Å²) < 4.78 is 4.40. The Hall–Kier alpha value is -0.570. The van der Waals surface area contributed by atoms with Crippen LogP contribution in [0.1, 0.15) is 67.7 Å². The van der Waals surface area contributed by atoms with Crippen LogP contribution >= 0.6 is 0 Å². The second-order valence-corrected chi connectivity index (χ2v) is 3.90. The minimum atomic E-state index is -0.211. The van der Waals surface area contributed by atoms with E-state index in [1.807, 2.05) is 0 Å². The molecule has 0 unspecified atom stereocenters. The highest BCUT2D eigenvalue weighted by Crippen LogP contribution is 1.88. The Bertz CT molecular complexity index is 138. The van der Waals surface area contributed by atoms with Gasteiger partial charge in [-0.05, 0) is 26.6 Å². The van der Waals surface area contributed by atoms with Crippen molar-refractivity contribution < 1.29 is 9.53 Å². The molecule has 0 rings (SSSR count). The third kappa shape index (κ3) is 29.5. The SMILES string of the molecule is CCCCC.CCN(CC)CC.CCOC(C)=O. The van der Waals surface area contributed by atoms with Gasteiger partial charge in [-0.2, -0.15) is 0 Å². The lowest BCUT2D eigenvalue weighted by Gasteiger charge is -2.13. The zero-order valence-corrected chi connectivity index (χ0v) is 13.7. The van der Waals surface area contributed by atoms with E-state index in [0.29, 0.717) is 6.61 Å². The van der Waals surface area contributed by atoms with Gasteiger partial charge in [0.1, 0.15) is 0 Å². The molecule has 112 valence electrons. The quantitative estimate of drug-likeness (QED) is 0.674. The molecule has 0 atom stereocenters. The van der Waals surface area contributed by atoms with Crippen LogP contribution in [0.4, 0.5) is 0 Å². The van der Waals surface area contributed by atoms with E-state index < -0.39 is 0 Å². The second kappa shape index (κ2) is 21.7. The monoisotopic (exact) mass is 261 g/mol. The molecule has 0 fully saturated rings. The van der Waals surface area contributed by atoms with E-state index in [1.54, 1.807) is 6.92 Å². The second-order valence-electron chi connectivity index (χ2n) is 3.90. The van der Waals surface area contributed by atoms with Gasteiger partial charge in [0.05, 0.1) is 6.61 Å². The fraction of sp³-hybridized carbons (Fsp3) is 0.933. The number of carbonyl (C=O) groups excluding carboxylic acids is 1. The molecule has 0 aliphatic rings. The molecule has 0 saturated carbocycles. The Kier molecular flexibility index (Phi) is 27.2. The molecule has 0 saturated heterocycles. The number of rotatable bonds is 6. The molecule has 0 aromatic heterocycles. The predicted octanol–water partition coefficient (Wildman–Crippen LogP) is 4.11. The normalized spacial score (nSPS) is 8.89. The van der Waals surface area contributed by atoms with Crippen LogP contribution in [0.15, 0.2) is 0 Å². The van der Waals surface area contributed by atoms with Gasteiger partial charge in [0.2, 0.25) is 0 Å². The van der Waals surface area contributed by atoms with E-state index >= 15 is 0 Å². The van der Waals surface area contributed by atoms with Gasteiger partial charge in [0.25, 0.3) is 0 Å². The maximum Gasteiger partial charge on any atom is 0.302 e. The summed E-state index contributed by atoms with van der Waals surface area (Å²) in [6.45, 7) is 18.2. The van der Waals surface area contributed by atoms with Crippen molar-refractivity contribution in [3.8, 4) is 0 Å². The van der Waals surface area contributed by atoms with Crippen molar-refractivity contribution in [2.24, 2.45) is 0 Å². The summed E-state index contributed by atoms with van der Waals surface area (Å²) in [5, 5.41) is 0. The van der Waals surface area contributed by atoms with Gasteiger partial charge >= 0.3 is 5.97 Å². The lowest BCUT2D eigenvalue weighted by atomic mass is 10.3. The number of unbranched alkanes of at least 4 members (excludes halogenated alkanes) is 2. The van der Waals surface area contributed by atoms with Crippen molar-refractivity contribution in [1.82, 2.24) is 4.90 Å². The Labute approximate surface area is 115 Å². The summed E-state index contributed by atoms with van der Waals surface area (Å²) in [5.41, 5.74) is 0. The average Bonchev–Trinajstić information content (AvgIpc) is 2.34. The lowest BCUT2D eigenvalue weighted by molar-refractivity contribution is -0.140. The fourth-order valence-corrected chi connectivity index (χ4v) is 1.23. The molecule has 0 N–H and O–H groups in total. The van der Waals surface area contributed by atoms with Crippen molar-refractivity contribution in [2.75, 3.05) is 26.2 Å². The third-order valence-corrected chi connectivity index (χ3v) is 2.40. The number of esters is 1. The Balaban J connectivity index is -0.000000190. The maximum absolute atomic E-state index is 9.82. The van der Waals surface area contributed by atoms with Crippen LogP contribution in [0, 0.1) is 0 Å². The first-order chi connectivity index (χ1) is 8.53. The van der Waals surface area contributed by atoms with E-state index in [9.17, 15) is 4.79 Å². The maximum atomic E-state index is 9.82. The molecule has 0 bridgehead atoms. The lowest BCUT2D eigenvalue weighted by Crippen LogP contribution is -2.21. The summed E-state index contributed by atoms with van der Waals surface area (Å²) in [7, 11) is 0. The van der Waals surface area contributed by atoms with Gasteiger partial charge in [0, 0.05) is 6.92 Å². The minimum absolute atomic E-state index is 0.211. The van der Waals surface area contributed by atoms with Crippen molar-refractivity contribution >= 4 is 5.97 Å². The van der Waals surface area contributed by atoms with Crippen molar-refractivity contribution in [3.63, 3.8) is 0 Å². The molecule has 0 aromatic rings. The van der Waals surface area contributed by atoms with E-state index in [2.05, 4.69) is 44.3 Å². The molecule has 0 radical (unpaired) electrons. The third-order valence-electron chi connectivity index (χ3n) is 2.40. The summed E-state index contributed by atoms with van der Waals surface area (Å²) >= 11 is 0. The average molecular weight is 261 g/mol. The predicted molar refractivity (Wildman–Crippen MR) is 81.0 cm³/mol. The van der Waals surface area contributed by atoms with Crippen LogP contribution in [-0.4, -0.2) is 37.1 Å². The number of hydrogen-bond acceptors (Lipinski definition) is 3. The Morgan fingerprint density at radius 2 is 1.28 bits per heavy atom. The Morgan fingerprint density at radius 1 is 0.889 bits per heavy atom. The van der Waals surface area contributed by atoms with Crippen LogP contribution < -0.4 is 0 Å². The van der Waals surface area contributed by atoms with Gasteiger partial charge in [0.15, 0.2) is 0 Å². The molecule has 0 spiro atoms. The van der Waals surface area contributed by atoms with Gasteiger partial charge in [-0.15, -0.1) is 0 Å². The molecule has 0 aliphatic carbocycles. The van der Waals surface area contributed by atoms with Crippen LogP contribution in [0.5, 0.6) is 0 Å². The first-order valence-electron chi connectivity index (χ1n) is 7.39. The highest BCUT2D eigenvalue weighted by Gasteiger charge is 1.89. The van der Waals surface area contributed by atoms with Gasteiger partial charge < -0.3 is 9.64 Å². The zero-order chi connectivity index (χ0) is 14.8. The van der Waals surface area contributed by atoms with Crippen LogP contribution in [-0.2, 0) is 9.53 Å². The zero-order valence-electron chi connectivity index (χ0n) is 13.7. The van der Waals surface area contributed by atoms with Crippen LogP contribution in [0.25, 0.3) is 0 Å². The number of ether oxygens (including phenoxy) is 1. The van der Waals surface area contributed by atoms with Crippen molar-refractivity contribution in [2.45, 2.75) is 67.7 Å². The first-order valence-corrected chi connectivity index (χ1v) is 7.39. The minimum Gasteiger partial charge on any atom is -0.466 e. The van der Waals surface area contributed by atoms with Crippen molar-refractivity contribution in [1.29, 1.82) is 0 Å². The van der Waals surface area contributed by atoms with Crippen LogP contribution in [0.3, 0.4) is 0 Å². The molecular formula is C15H35NO2. The molecule has 3 nitrogen and oxygen atoms in total. The molecule has 0 aromatic carbocycles. The number of hydrogen-bond donors (Lipinski definition) is 0. The molecule has 3 heteroatoms. The largest absolute Gasteiger partial charge is 0.466 e. The van der Waals surface area contributed by atoms with E-state index in [0.717, 1.165) is 0 Å². The number of carbonyl (C=O) groups is 1. The summed E-state index contributed by atoms with van der Waals surface area (Å²) in [5.74, 6) is -0.211. The highest BCUT2D eigenvalue weighted by molar-refractivity contribution is 5.65. The van der Waals surface area contributed by atoms with Crippen molar-refractivity contribution in [3.05, 3.63) is 0 Å². The summed E-state index contributed by atoms with van der Waals surface area (Å²) in [6.07, 6.45) is 4.08. The van der Waals surface area contributed by atoms with Crippen LogP contribution in [0.2, 0.25) is 0 Å². The smallest absolute Gasteiger partial charge is 0.302 e. The highest BCUT2D eigenvalue weighted by atomic mass is 16.5. The van der Waals surface area contributed by atoms with E-state index in [-0.39, 0.29) is 5.97 Å². The standard InChI is InChI=1S/C6H15N.C5H12.C4H8O2/c1-4-7(5-2)6-3;1-3-5-4-2;1-3-6-4(2)5/h4-6H2,1-3H3;3-5H2,1-2H3;3H2,1-2H3. The molecule has 0 heterocycles. The first kappa shape index (κ1) is 22.6. The van der Waals surface area contributed by atoms with E-state index in [1.165, 1.54) is 45.8 Å². The van der Waals surface area contributed by atoms with Gasteiger partial charge in [-0.1, -0.05) is 53.9 Å². The molecule has 0 aliphatic heterocycles. The summed E-state index contributed by atoms with van der Waals surface area (Å²) in [6, 6.07) is 0. The van der Waals surface area contributed by atoms with Gasteiger partial charge in [-0.25, -0.2) is 0 Å². The molecule has 18 heavy (non-hydrogen) atoms. The molecule has 0 amide bonds. The van der Waals surface area contributed by atoms with E-state index in [4.69, 9.17) is 0 Å². The fourth-order valence-electron chi connectivity index (χ4n) is 1.23. The van der Waals surface area contributed by atoms with Gasteiger partial charge in [-0.3, -0.25) is 4.79 Å². The topological polar surface area (TPSA) is 29.5 Å². The number of nitrogens with zero attached hydrogens (tertiary/aromatic N) is 1. The summed E-state index contributed by atoms with van der Waals surface area (Å²) in [4.78, 5) is 12.2. The Morgan fingerprint density at radius 3 is 1.28 bits per heavy atom. The molecular weight excluding hydrogens is 226 g/mol.